The van der Waals surface area contributed by atoms with Gasteiger partial charge < -0.3 is 15.4 Å². The van der Waals surface area contributed by atoms with Crippen LogP contribution in [0.2, 0.25) is 19.6 Å². The molecule has 0 saturated carbocycles. The van der Waals surface area contributed by atoms with Crippen LogP contribution in [-0.2, 0) is 11.3 Å². The minimum atomic E-state index is -1.51. The second-order valence-electron chi connectivity index (χ2n) is 7.44. The average molecular weight is 335 g/mol. The first-order chi connectivity index (χ1) is 10.9. The second-order valence-corrected chi connectivity index (χ2v) is 12.8. The van der Waals surface area contributed by atoms with Crippen molar-refractivity contribution >= 4 is 14.2 Å². The molecule has 2 atom stereocenters. The van der Waals surface area contributed by atoms with Gasteiger partial charge in [0.15, 0.2) is 0 Å². The van der Waals surface area contributed by atoms with Crippen LogP contribution in [0.3, 0.4) is 0 Å². The molecule has 1 aromatic carbocycles. The van der Waals surface area contributed by atoms with Crippen LogP contribution in [0.5, 0.6) is 0 Å². The normalized spacial score (nSPS) is 22.0. The minimum absolute atomic E-state index is 0.144. The highest BCUT2D eigenvalue weighted by Crippen LogP contribution is 2.35. The lowest BCUT2D eigenvalue weighted by Crippen LogP contribution is -2.57. The molecule has 1 aromatic rings. The zero-order valence-corrected chi connectivity index (χ0v) is 15.8. The molecular formula is C18H30N2O2Si. The van der Waals surface area contributed by atoms with Gasteiger partial charge in [0.05, 0.1) is 14.7 Å². The molecule has 5 heteroatoms. The number of amides is 1. The maximum Gasteiger partial charge on any atom is 0.409 e. The Labute approximate surface area is 141 Å². The molecule has 1 aliphatic heterocycles. The third kappa shape index (κ3) is 4.35. The van der Waals surface area contributed by atoms with E-state index in [-0.39, 0.29) is 6.09 Å². The van der Waals surface area contributed by atoms with Crippen molar-refractivity contribution in [2.45, 2.75) is 57.5 Å². The van der Waals surface area contributed by atoms with E-state index in [9.17, 15) is 4.79 Å². The van der Waals surface area contributed by atoms with Crippen molar-refractivity contribution in [2.24, 2.45) is 5.73 Å². The summed E-state index contributed by atoms with van der Waals surface area (Å²) in [7, 11) is -1.51. The molecular weight excluding hydrogens is 304 g/mol. The van der Waals surface area contributed by atoms with E-state index in [1.54, 1.807) is 0 Å². The van der Waals surface area contributed by atoms with Crippen LogP contribution >= 0.6 is 0 Å². The largest absolute Gasteiger partial charge is 0.450 e. The highest BCUT2D eigenvalue weighted by molar-refractivity contribution is 6.77. The van der Waals surface area contributed by atoms with Crippen molar-refractivity contribution in [1.82, 2.24) is 4.90 Å². The molecule has 2 rings (SSSR count). The Hall–Kier alpha value is -1.33. The lowest BCUT2D eigenvalue weighted by atomic mass is 9.88. The van der Waals surface area contributed by atoms with E-state index >= 15 is 0 Å². The summed E-state index contributed by atoms with van der Waals surface area (Å²) in [5, 5.41) is 0. The summed E-state index contributed by atoms with van der Waals surface area (Å²) in [6.07, 6.45) is 1.88. The van der Waals surface area contributed by atoms with Gasteiger partial charge in [-0.25, -0.2) is 4.79 Å². The Balaban J connectivity index is 2.20. The van der Waals surface area contributed by atoms with Crippen LogP contribution in [0, 0.1) is 0 Å². The number of nitrogens with zero attached hydrogens (tertiary/aromatic N) is 1. The molecule has 1 saturated heterocycles. The Morgan fingerprint density at radius 3 is 2.74 bits per heavy atom. The Kier molecular flexibility index (Phi) is 5.87. The summed E-state index contributed by atoms with van der Waals surface area (Å²) in [5.74, 6) is 0.504. The smallest absolute Gasteiger partial charge is 0.409 e. The predicted molar refractivity (Wildman–Crippen MR) is 97.2 cm³/mol. The van der Waals surface area contributed by atoms with Gasteiger partial charge in [-0.3, -0.25) is 0 Å². The van der Waals surface area contributed by atoms with Gasteiger partial charge in [0.2, 0.25) is 0 Å². The van der Waals surface area contributed by atoms with Gasteiger partial charge in [-0.1, -0.05) is 43.9 Å². The molecule has 1 amide bonds. The highest BCUT2D eigenvalue weighted by atomic mass is 28.3. The minimum Gasteiger partial charge on any atom is -0.450 e. The molecule has 1 aliphatic rings. The molecule has 1 heterocycles. The summed E-state index contributed by atoms with van der Waals surface area (Å²) in [5.41, 5.74) is 8.64. The molecule has 0 spiro atoms. The maximum atomic E-state index is 12.3. The van der Waals surface area contributed by atoms with E-state index in [1.165, 1.54) is 11.1 Å². The van der Waals surface area contributed by atoms with Gasteiger partial charge in [0.25, 0.3) is 0 Å². The number of carbonyl (C=O) groups is 1. The number of hydrogen-bond donors (Lipinski definition) is 1. The number of hydrogen-bond acceptors (Lipinski definition) is 3. The van der Waals surface area contributed by atoms with Crippen molar-refractivity contribution in [1.29, 1.82) is 0 Å². The molecule has 23 heavy (non-hydrogen) atoms. The first-order valence-electron chi connectivity index (χ1n) is 8.59. The van der Waals surface area contributed by atoms with Gasteiger partial charge in [-0.15, -0.1) is 0 Å². The fourth-order valence-corrected chi connectivity index (χ4v) is 5.65. The molecule has 1 fully saturated rings. The van der Waals surface area contributed by atoms with E-state index in [2.05, 4.69) is 43.9 Å². The van der Waals surface area contributed by atoms with Crippen molar-refractivity contribution in [2.75, 3.05) is 13.2 Å². The fourth-order valence-electron chi connectivity index (χ4n) is 3.49. The van der Waals surface area contributed by atoms with E-state index in [4.69, 9.17) is 10.5 Å². The Bertz CT molecular complexity index is 542. The van der Waals surface area contributed by atoms with Crippen LogP contribution in [-0.4, -0.2) is 37.9 Å². The van der Waals surface area contributed by atoms with E-state index in [0.717, 1.165) is 19.4 Å². The molecule has 128 valence electrons. The lowest BCUT2D eigenvalue weighted by molar-refractivity contribution is 0.0875. The van der Waals surface area contributed by atoms with Gasteiger partial charge in [-0.05, 0) is 36.8 Å². The summed E-state index contributed by atoms with van der Waals surface area (Å²) in [6.45, 7) is 10.7. The third-order valence-corrected chi connectivity index (χ3v) is 7.31. The molecule has 4 nitrogen and oxygen atoms in total. The number of ether oxygens (including phenoxy) is 1. The predicted octanol–water partition coefficient (Wildman–Crippen LogP) is 3.73. The molecule has 2 unspecified atom stereocenters. The Morgan fingerprint density at radius 1 is 1.39 bits per heavy atom. The summed E-state index contributed by atoms with van der Waals surface area (Å²) >= 11 is 0. The fraction of sp³-hybridized carbons (Fsp3) is 0.611. The molecule has 0 radical (unpaired) electrons. The van der Waals surface area contributed by atoms with Crippen LogP contribution in [0.4, 0.5) is 4.79 Å². The molecule has 2 N–H and O–H groups in total. The lowest BCUT2D eigenvalue weighted by Gasteiger charge is -2.44. The van der Waals surface area contributed by atoms with Crippen LogP contribution < -0.4 is 5.73 Å². The van der Waals surface area contributed by atoms with Gasteiger partial charge in [-0.2, -0.15) is 0 Å². The molecule has 0 aliphatic carbocycles. The average Bonchev–Trinajstić information content (AvgIpc) is 2.53. The van der Waals surface area contributed by atoms with Crippen molar-refractivity contribution in [3.63, 3.8) is 0 Å². The van der Waals surface area contributed by atoms with E-state index < -0.39 is 8.07 Å². The highest BCUT2D eigenvalue weighted by Gasteiger charge is 2.40. The van der Waals surface area contributed by atoms with E-state index in [0.29, 0.717) is 24.7 Å². The second kappa shape index (κ2) is 7.49. The van der Waals surface area contributed by atoms with Crippen molar-refractivity contribution < 1.29 is 9.53 Å². The summed E-state index contributed by atoms with van der Waals surface area (Å²) < 4.78 is 5.28. The van der Waals surface area contributed by atoms with Gasteiger partial charge in [0.1, 0.15) is 0 Å². The SMILES string of the molecule is CCOC(=O)N1CCC(c2cccc(CN)c2)CC1[Si](C)(C)C. The number of nitrogens with two attached hydrogens (primary N) is 1. The number of benzene rings is 1. The zero-order chi connectivity index (χ0) is 17.0. The van der Waals surface area contributed by atoms with Crippen molar-refractivity contribution in [3.8, 4) is 0 Å². The zero-order valence-electron chi connectivity index (χ0n) is 14.8. The number of carbonyl (C=O) groups excluding carboxylic acids is 1. The summed E-state index contributed by atoms with van der Waals surface area (Å²) in [4.78, 5) is 14.3. The monoisotopic (exact) mass is 334 g/mol. The topological polar surface area (TPSA) is 55.6 Å². The molecule has 0 bridgehead atoms. The van der Waals surface area contributed by atoms with Crippen LogP contribution in [0.25, 0.3) is 0 Å². The standard InChI is InChI=1S/C18H30N2O2Si/c1-5-22-18(21)20-10-9-16(12-17(20)23(2,3)4)15-8-6-7-14(11-15)13-19/h6-8,11,16-17H,5,9-10,12-13,19H2,1-4H3. The van der Waals surface area contributed by atoms with Crippen molar-refractivity contribution in [3.05, 3.63) is 35.4 Å². The van der Waals surface area contributed by atoms with Crippen LogP contribution in [0.15, 0.2) is 24.3 Å². The number of piperidine rings is 1. The van der Waals surface area contributed by atoms with E-state index in [1.807, 2.05) is 11.8 Å². The quantitative estimate of drug-likeness (QED) is 0.854. The maximum absolute atomic E-state index is 12.3. The Morgan fingerprint density at radius 2 is 2.13 bits per heavy atom. The third-order valence-electron chi connectivity index (χ3n) is 4.76. The number of rotatable bonds is 4. The van der Waals surface area contributed by atoms with Gasteiger partial charge in [0, 0.05) is 18.8 Å². The summed E-state index contributed by atoms with van der Waals surface area (Å²) in [6, 6.07) is 8.60. The number of likely N-dealkylation sites (tertiary alicyclic amines) is 1. The first kappa shape index (κ1) is 18.0. The molecule has 0 aromatic heterocycles. The van der Waals surface area contributed by atoms with Crippen LogP contribution in [0.1, 0.15) is 36.8 Å². The first-order valence-corrected chi connectivity index (χ1v) is 12.2. The van der Waals surface area contributed by atoms with Gasteiger partial charge >= 0.3 is 6.09 Å².